The van der Waals surface area contributed by atoms with E-state index in [0.29, 0.717) is 11.7 Å². The van der Waals surface area contributed by atoms with E-state index < -0.39 is 24.3 Å². The maximum Gasteiger partial charge on any atom is 0.490 e. The lowest BCUT2D eigenvalue weighted by atomic mass is 10.0. The predicted octanol–water partition coefficient (Wildman–Crippen LogP) is 5.13. The van der Waals surface area contributed by atoms with Crippen molar-refractivity contribution in [1.29, 1.82) is 0 Å². The summed E-state index contributed by atoms with van der Waals surface area (Å²) in [4.78, 5) is 38.1. The Hall–Kier alpha value is -4.67. The molecule has 3 aromatic heterocycles. The third kappa shape index (κ3) is 9.69. The minimum atomic E-state index is -5.08. The molecule has 0 saturated carbocycles. The van der Waals surface area contributed by atoms with Crippen molar-refractivity contribution in [3.63, 3.8) is 0 Å². The zero-order valence-corrected chi connectivity index (χ0v) is 21.9. The van der Waals surface area contributed by atoms with Crippen molar-refractivity contribution in [1.82, 2.24) is 29.4 Å². The molecule has 230 valence electrons. The molecule has 1 saturated heterocycles. The zero-order chi connectivity index (χ0) is 31.8. The molecule has 1 aliphatic heterocycles. The number of alkyl halides is 6. The highest BCUT2D eigenvalue weighted by Gasteiger charge is 2.38. The number of rotatable bonds is 4. The first-order valence-corrected chi connectivity index (χ1v) is 12.3. The van der Waals surface area contributed by atoms with Crippen LogP contribution >= 0.6 is 0 Å². The second-order valence-electron chi connectivity index (χ2n) is 9.04. The molecule has 0 atom stereocenters. The number of carbonyl (C=O) groups is 2. The quantitative estimate of drug-likeness (QED) is 0.299. The van der Waals surface area contributed by atoms with E-state index in [-0.39, 0.29) is 5.82 Å². The molecule has 43 heavy (non-hydrogen) atoms. The Bertz CT molecular complexity index is 1500. The minimum Gasteiger partial charge on any atom is -0.475 e. The lowest BCUT2D eigenvalue weighted by Gasteiger charge is -2.32. The number of imidazole rings is 1. The van der Waals surface area contributed by atoms with Crippen LogP contribution in [0.4, 0.5) is 30.7 Å². The number of hydrogen-bond acceptors (Lipinski definition) is 7. The number of aromatic nitrogens is 5. The topological polar surface area (TPSA) is 134 Å². The summed E-state index contributed by atoms with van der Waals surface area (Å²) in [6, 6.07) is 11.1. The molecule has 0 aliphatic carbocycles. The van der Waals surface area contributed by atoms with Gasteiger partial charge in [-0.05, 0) is 42.7 Å². The Morgan fingerprint density at radius 3 is 2.07 bits per heavy atom. The first kappa shape index (κ1) is 32.8. The van der Waals surface area contributed by atoms with Gasteiger partial charge in [0.15, 0.2) is 11.3 Å². The number of likely N-dealkylation sites (tertiary alicyclic amines) is 1. The van der Waals surface area contributed by atoms with Crippen LogP contribution in [0.1, 0.15) is 24.4 Å². The number of carboxylic acid groups (broad SMARTS) is 2. The van der Waals surface area contributed by atoms with Crippen molar-refractivity contribution in [2.24, 2.45) is 0 Å². The number of pyridine rings is 1. The minimum absolute atomic E-state index is 0.176. The number of aliphatic carboxylic acids is 2. The fourth-order valence-electron chi connectivity index (χ4n) is 3.98. The Labute approximate surface area is 238 Å². The third-order valence-electron chi connectivity index (χ3n) is 5.97. The molecule has 0 radical (unpaired) electrons. The van der Waals surface area contributed by atoms with Crippen molar-refractivity contribution in [3.05, 3.63) is 72.7 Å². The number of benzene rings is 1. The lowest BCUT2D eigenvalue weighted by Crippen LogP contribution is -2.34. The largest absolute Gasteiger partial charge is 0.490 e. The molecular formula is C26H23F7N6O4. The lowest BCUT2D eigenvalue weighted by molar-refractivity contribution is -0.193. The second kappa shape index (κ2) is 14.0. The van der Waals surface area contributed by atoms with Crippen LogP contribution in [0.5, 0.6) is 0 Å². The molecule has 0 spiro atoms. The number of carboxylic acids is 2. The second-order valence-corrected chi connectivity index (χ2v) is 9.04. The van der Waals surface area contributed by atoms with E-state index in [0.717, 1.165) is 54.9 Å². The van der Waals surface area contributed by atoms with Gasteiger partial charge < -0.3 is 14.8 Å². The molecule has 0 bridgehead atoms. The summed E-state index contributed by atoms with van der Waals surface area (Å²) in [5, 5.41) is 14.2. The van der Waals surface area contributed by atoms with E-state index in [1.807, 2.05) is 24.5 Å². The first-order valence-electron chi connectivity index (χ1n) is 12.3. The summed E-state index contributed by atoms with van der Waals surface area (Å²) in [5.74, 6) is -5.69. The van der Waals surface area contributed by atoms with Gasteiger partial charge in [0.05, 0.1) is 18.2 Å². The molecule has 0 amide bonds. The van der Waals surface area contributed by atoms with Crippen LogP contribution in [-0.2, 0) is 16.1 Å². The van der Waals surface area contributed by atoms with Gasteiger partial charge in [0.2, 0.25) is 0 Å². The van der Waals surface area contributed by atoms with Gasteiger partial charge in [0, 0.05) is 43.6 Å². The molecule has 5 rings (SSSR count). The Kier molecular flexibility index (Phi) is 10.7. The smallest absolute Gasteiger partial charge is 0.475 e. The van der Waals surface area contributed by atoms with Gasteiger partial charge in [-0.25, -0.2) is 28.9 Å². The first-order chi connectivity index (χ1) is 20.1. The summed E-state index contributed by atoms with van der Waals surface area (Å²) in [5.41, 5.74) is 4.24. The standard InChI is InChI=1S/C22H21FN6.2C2HF3O2/c23-18-5-1-3-16(11-18)14-28-9-6-19(7-10-28)29-15-26-21-22(29)27-20(13-25-21)17-4-2-8-24-12-17;2*3-2(4,5)1(6)7/h1-5,8,11-13,15,19H,6-7,9-10,14H2;2*(H,6,7). The van der Waals surface area contributed by atoms with E-state index in [1.165, 1.54) is 6.07 Å². The van der Waals surface area contributed by atoms with Crippen molar-refractivity contribution < 1.29 is 50.5 Å². The fourth-order valence-corrected chi connectivity index (χ4v) is 3.98. The predicted molar refractivity (Wildman–Crippen MR) is 136 cm³/mol. The molecule has 17 heteroatoms. The van der Waals surface area contributed by atoms with Gasteiger partial charge in [0.25, 0.3) is 0 Å². The average Bonchev–Trinajstić information content (AvgIpc) is 3.37. The van der Waals surface area contributed by atoms with E-state index in [2.05, 4.69) is 24.4 Å². The van der Waals surface area contributed by atoms with Crippen LogP contribution in [0.15, 0.2) is 61.3 Å². The number of piperidine rings is 1. The van der Waals surface area contributed by atoms with E-state index in [9.17, 15) is 30.7 Å². The number of halogens is 7. The van der Waals surface area contributed by atoms with Gasteiger partial charge in [-0.3, -0.25) is 9.88 Å². The average molecular weight is 616 g/mol. The summed E-state index contributed by atoms with van der Waals surface area (Å²) in [6.45, 7) is 2.69. The summed E-state index contributed by atoms with van der Waals surface area (Å²) in [6.07, 6.45) is -1.03. The van der Waals surface area contributed by atoms with Crippen molar-refractivity contribution in [2.75, 3.05) is 13.1 Å². The van der Waals surface area contributed by atoms with E-state index in [4.69, 9.17) is 24.8 Å². The van der Waals surface area contributed by atoms with Gasteiger partial charge in [0.1, 0.15) is 5.82 Å². The van der Waals surface area contributed by atoms with Crippen LogP contribution < -0.4 is 0 Å². The number of hydrogen-bond donors (Lipinski definition) is 2. The molecule has 10 nitrogen and oxygen atoms in total. The molecule has 2 N–H and O–H groups in total. The van der Waals surface area contributed by atoms with Crippen LogP contribution in [0.3, 0.4) is 0 Å². The highest BCUT2D eigenvalue weighted by atomic mass is 19.4. The third-order valence-corrected chi connectivity index (χ3v) is 5.97. The maximum atomic E-state index is 13.4. The summed E-state index contributed by atoms with van der Waals surface area (Å²) >= 11 is 0. The van der Waals surface area contributed by atoms with Gasteiger partial charge >= 0.3 is 24.3 Å². The van der Waals surface area contributed by atoms with Crippen molar-refractivity contribution in [2.45, 2.75) is 37.8 Å². The van der Waals surface area contributed by atoms with Crippen molar-refractivity contribution >= 4 is 23.2 Å². The van der Waals surface area contributed by atoms with Crippen LogP contribution in [-0.4, -0.2) is 77.0 Å². The van der Waals surface area contributed by atoms with E-state index in [1.54, 1.807) is 30.7 Å². The van der Waals surface area contributed by atoms with E-state index >= 15 is 0 Å². The molecule has 1 fully saturated rings. The summed E-state index contributed by atoms with van der Waals surface area (Å²) in [7, 11) is 0. The summed E-state index contributed by atoms with van der Waals surface area (Å²) < 4.78 is 79.1. The number of fused-ring (bicyclic) bond motifs is 1. The highest BCUT2D eigenvalue weighted by molar-refractivity contribution is 5.73. The molecule has 1 aromatic carbocycles. The molecule has 1 aliphatic rings. The fraction of sp³-hybridized carbons (Fsp3) is 0.308. The molecule has 4 aromatic rings. The van der Waals surface area contributed by atoms with Gasteiger partial charge in [-0.15, -0.1) is 0 Å². The Balaban J connectivity index is 0.000000303. The highest BCUT2D eigenvalue weighted by Crippen LogP contribution is 2.27. The van der Waals surface area contributed by atoms with Crippen LogP contribution in [0.2, 0.25) is 0 Å². The van der Waals surface area contributed by atoms with Crippen LogP contribution in [0, 0.1) is 5.82 Å². The Morgan fingerprint density at radius 1 is 0.907 bits per heavy atom. The molecule has 4 heterocycles. The zero-order valence-electron chi connectivity index (χ0n) is 21.9. The molecule has 0 unspecified atom stereocenters. The van der Waals surface area contributed by atoms with Crippen molar-refractivity contribution in [3.8, 4) is 11.3 Å². The monoisotopic (exact) mass is 616 g/mol. The molecular weight excluding hydrogens is 593 g/mol. The maximum absolute atomic E-state index is 13.4. The Morgan fingerprint density at radius 2 is 1.53 bits per heavy atom. The van der Waals surface area contributed by atoms with Crippen LogP contribution in [0.25, 0.3) is 22.6 Å². The van der Waals surface area contributed by atoms with Gasteiger partial charge in [-0.1, -0.05) is 12.1 Å². The van der Waals surface area contributed by atoms with Gasteiger partial charge in [-0.2, -0.15) is 26.3 Å². The normalized spacial score (nSPS) is 14.3. The number of nitrogens with zero attached hydrogens (tertiary/aromatic N) is 6. The SMILES string of the molecule is Fc1cccc(CN2CCC(n3cnc4ncc(-c5cccnc5)nc43)CC2)c1.O=C(O)C(F)(F)F.O=C(O)C(F)(F)F.